The zero-order valence-corrected chi connectivity index (χ0v) is 13.8. The molecule has 0 radical (unpaired) electrons. The van der Waals surface area contributed by atoms with Crippen LogP contribution < -0.4 is 0 Å². The fourth-order valence-electron chi connectivity index (χ4n) is 3.49. The second-order valence-electron chi connectivity index (χ2n) is 7.10. The summed E-state index contributed by atoms with van der Waals surface area (Å²) >= 11 is 3.84. The Hall–Kier alpha value is 0.440. The summed E-state index contributed by atoms with van der Waals surface area (Å²) in [6.07, 6.45) is 11.6. The third kappa shape index (κ3) is 4.23. The molecule has 0 bridgehead atoms. The molecular weight excluding hydrogens is 286 g/mol. The molecule has 0 N–H and O–H groups in total. The first kappa shape index (κ1) is 14.8. The van der Waals surface area contributed by atoms with Crippen LogP contribution >= 0.6 is 15.9 Å². The Balaban J connectivity index is 1.96. The molecule has 0 aromatic carbocycles. The predicted molar refractivity (Wildman–Crippen MR) is 83.4 cm³/mol. The maximum absolute atomic E-state index is 3.84. The largest absolute Gasteiger partial charge is 0.300 e. The van der Waals surface area contributed by atoms with E-state index in [0.717, 1.165) is 12.0 Å². The van der Waals surface area contributed by atoms with Crippen molar-refractivity contribution in [3.05, 3.63) is 0 Å². The lowest BCUT2D eigenvalue weighted by Crippen LogP contribution is -2.41. The number of nitrogens with zero attached hydrogens (tertiary/aromatic N) is 1. The van der Waals surface area contributed by atoms with Crippen molar-refractivity contribution in [2.24, 2.45) is 11.3 Å². The van der Waals surface area contributed by atoms with Gasteiger partial charge in [0, 0.05) is 24.5 Å². The standard InChI is InChI=1S/C16H30BrN/c1-14(2)11-18(15-7-8-15)13-16(12-17)9-5-3-4-6-10-16/h14-15H,3-13H2,1-2H3. The fourth-order valence-corrected chi connectivity index (χ4v) is 4.23. The van der Waals surface area contributed by atoms with Crippen molar-refractivity contribution in [3.63, 3.8) is 0 Å². The van der Waals surface area contributed by atoms with E-state index in [1.807, 2.05) is 0 Å². The minimum atomic E-state index is 0.577. The fraction of sp³-hybridized carbons (Fsp3) is 1.00. The van der Waals surface area contributed by atoms with Crippen LogP contribution in [-0.4, -0.2) is 29.4 Å². The first-order valence-corrected chi connectivity index (χ1v) is 9.07. The summed E-state index contributed by atoms with van der Waals surface area (Å²) in [6.45, 7) is 7.38. The van der Waals surface area contributed by atoms with Crippen molar-refractivity contribution in [1.29, 1.82) is 0 Å². The highest BCUT2D eigenvalue weighted by atomic mass is 79.9. The predicted octanol–water partition coefficient (Wildman–Crippen LogP) is 4.84. The Morgan fingerprint density at radius 2 is 1.72 bits per heavy atom. The van der Waals surface area contributed by atoms with Gasteiger partial charge in [0.15, 0.2) is 0 Å². The highest BCUT2D eigenvalue weighted by molar-refractivity contribution is 9.09. The van der Waals surface area contributed by atoms with Crippen LogP contribution in [0.15, 0.2) is 0 Å². The van der Waals surface area contributed by atoms with Crippen LogP contribution in [0, 0.1) is 11.3 Å². The Bertz CT molecular complexity index is 239. The third-order valence-electron chi connectivity index (χ3n) is 4.65. The monoisotopic (exact) mass is 315 g/mol. The van der Waals surface area contributed by atoms with Gasteiger partial charge in [0.2, 0.25) is 0 Å². The maximum atomic E-state index is 3.84. The van der Waals surface area contributed by atoms with Gasteiger partial charge in [0.25, 0.3) is 0 Å². The van der Waals surface area contributed by atoms with E-state index in [-0.39, 0.29) is 0 Å². The Kier molecular flexibility index (Phi) is 5.56. The third-order valence-corrected chi connectivity index (χ3v) is 5.84. The van der Waals surface area contributed by atoms with Crippen molar-refractivity contribution < 1.29 is 0 Å². The Morgan fingerprint density at radius 3 is 2.17 bits per heavy atom. The molecule has 2 rings (SSSR count). The Morgan fingerprint density at radius 1 is 1.11 bits per heavy atom. The summed E-state index contributed by atoms with van der Waals surface area (Å²) in [5.41, 5.74) is 0.577. The van der Waals surface area contributed by atoms with Crippen LogP contribution in [-0.2, 0) is 0 Å². The molecule has 0 aliphatic heterocycles. The molecule has 2 aliphatic carbocycles. The van der Waals surface area contributed by atoms with E-state index in [1.54, 1.807) is 0 Å². The second kappa shape index (κ2) is 6.74. The van der Waals surface area contributed by atoms with Gasteiger partial charge < -0.3 is 0 Å². The van der Waals surface area contributed by atoms with Crippen LogP contribution in [0.4, 0.5) is 0 Å². The van der Waals surface area contributed by atoms with Gasteiger partial charge in [-0.1, -0.05) is 55.5 Å². The highest BCUT2D eigenvalue weighted by Gasteiger charge is 2.37. The molecule has 0 aromatic heterocycles. The molecule has 0 saturated heterocycles. The molecule has 0 amide bonds. The van der Waals surface area contributed by atoms with E-state index in [2.05, 4.69) is 34.7 Å². The molecule has 2 heteroatoms. The topological polar surface area (TPSA) is 3.24 Å². The van der Waals surface area contributed by atoms with Crippen LogP contribution in [0.25, 0.3) is 0 Å². The molecule has 0 spiro atoms. The smallest absolute Gasteiger partial charge is 0.0100 e. The van der Waals surface area contributed by atoms with Gasteiger partial charge in [-0.15, -0.1) is 0 Å². The van der Waals surface area contributed by atoms with Gasteiger partial charge in [-0.3, -0.25) is 4.90 Å². The van der Waals surface area contributed by atoms with Gasteiger partial charge >= 0.3 is 0 Å². The summed E-state index contributed by atoms with van der Waals surface area (Å²) in [4.78, 5) is 2.82. The van der Waals surface area contributed by atoms with Gasteiger partial charge in [0.1, 0.15) is 0 Å². The molecule has 0 unspecified atom stereocenters. The number of hydrogen-bond acceptors (Lipinski definition) is 1. The second-order valence-corrected chi connectivity index (χ2v) is 7.66. The van der Waals surface area contributed by atoms with Crippen molar-refractivity contribution in [3.8, 4) is 0 Å². The summed E-state index contributed by atoms with van der Waals surface area (Å²) < 4.78 is 0. The molecule has 2 aliphatic rings. The first-order valence-electron chi connectivity index (χ1n) is 7.95. The SMILES string of the molecule is CC(C)CN(CC1(CBr)CCCCCC1)C1CC1. The van der Waals surface area contributed by atoms with E-state index in [0.29, 0.717) is 5.41 Å². The number of halogens is 1. The van der Waals surface area contributed by atoms with Gasteiger partial charge in [-0.05, 0) is 37.0 Å². The molecule has 2 fully saturated rings. The van der Waals surface area contributed by atoms with E-state index in [9.17, 15) is 0 Å². The molecule has 106 valence electrons. The zero-order valence-electron chi connectivity index (χ0n) is 12.3. The number of alkyl halides is 1. The van der Waals surface area contributed by atoms with E-state index in [4.69, 9.17) is 0 Å². The van der Waals surface area contributed by atoms with E-state index >= 15 is 0 Å². The number of hydrogen-bond donors (Lipinski definition) is 0. The molecule has 1 nitrogen and oxygen atoms in total. The van der Waals surface area contributed by atoms with Gasteiger partial charge in [0.05, 0.1) is 0 Å². The summed E-state index contributed by atoms with van der Waals surface area (Å²) in [7, 11) is 0. The lowest BCUT2D eigenvalue weighted by Gasteiger charge is -2.37. The normalized spacial score (nSPS) is 24.5. The minimum Gasteiger partial charge on any atom is -0.300 e. The van der Waals surface area contributed by atoms with Crippen LogP contribution in [0.2, 0.25) is 0 Å². The molecule has 0 atom stereocenters. The zero-order chi connectivity index (χ0) is 13.0. The van der Waals surface area contributed by atoms with Gasteiger partial charge in [-0.25, -0.2) is 0 Å². The maximum Gasteiger partial charge on any atom is 0.0100 e. The molecule has 0 heterocycles. The molecule has 0 aromatic rings. The molecule has 18 heavy (non-hydrogen) atoms. The first-order chi connectivity index (χ1) is 8.65. The van der Waals surface area contributed by atoms with Crippen LogP contribution in [0.5, 0.6) is 0 Å². The number of rotatable bonds is 6. The van der Waals surface area contributed by atoms with E-state index in [1.165, 1.54) is 69.8 Å². The molecular formula is C16H30BrN. The quantitative estimate of drug-likeness (QED) is 0.500. The average molecular weight is 316 g/mol. The van der Waals surface area contributed by atoms with Crippen molar-refractivity contribution in [2.45, 2.75) is 71.3 Å². The van der Waals surface area contributed by atoms with Crippen LogP contribution in [0.1, 0.15) is 65.2 Å². The lowest BCUT2D eigenvalue weighted by atomic mass is 9.81. The average Bonchev–Trinajstić information content (AvgIpc) is 3.15. The molecule has 2 saturated carbocycles. The summed E-state index contributed by atoms with van der Waals surface area (Å²) in [5, 5.41) is 1.21. The van der Waals surface area contributed by atoms with Crippen molar-refractivity contribution >= 4 is 15.9 Å². The Labute approximate surface area is 122 Å². The van der Waals surface area contributed by atoms with Crippen molar-refractivity contribution in [2.75, 3.05) is 18.4 Å². The summed E-state index contributed by atoms with van der Waals surface area (Å²) in [6, 6.07) is 0.923. The lowest BCUT2D eigenvalue weighted by molar-refractivity contribution is 0.132. The summed E-state index contributed by atoms with van der Waals surface area (Å²) in [5.74, 6) is 0.809. The van der Waals surface area contributed by atoms with Crippen LogP contribution in [0.3, 0.4) is 0 Å². The van der Waals surface area contributed by atoms with Crippen molar-refractivity contribution in [1.82, 2.24) is 4.90 Å². The minimum absolute atomic E-state index is 0.577. The highest BCUT2D eigenvalue weighted by Crippen LogP contribution is 2.40. The van der Waals surface area contributed by atoms with E-state index < -0.39 is 0 Å². The van der Waals surface area contributed by atoms with Gasteiger partial charge in [-0.2, -0.15) is 0 Å².